The molecule has 35 heavy (non-hydrogen) atoms. The average molecular weight is 479 g/mol. The van der Waals surface area contributed by atoms with E-state index in [0.717, 1.165) is 17.7 Å². The highest BCUT2D eigenvalue weighted by Gasteiger charge is 2.48. The Labute approximate surface area is 199 Å². The summed E-state index contributed by atoms with van der Waals surface area (Å²) in [5, 5.41) is 6.14. The third kappa shape index (κ3) is 3.62. The quantitative estimate of drug-likeness (QED) is 0.644. The first kappa shape index (κ1) is 21.6. The molecule has 1 aliphatic carbocycles. The molecular formula is C24H22FN5O5. The molecule has 10 nitrogen and oxygen atoms in total. The van der Waals surface area contributed by atoms with Gasteiger partial charge in [-0.3, -0.25) is 29.4 Å². The van der Waals surface area contributed by atoms with E-state index in [4.69, 9.17) is 4.52 Å². The predicted molar refractivity (Wildman–Crippen MR) is 116 cm³/mol. The van der Waals surface area contributed by atoms with Gasteiger partial charge < -0.3 is 9.42 Å². The summed E-state index contributed by atoms with van der Waals surface area (Å²) in [6.07, 6.45) is 3.13. The molecular weight excluding hydrogens is 457 g/mol. The van der Waals surface area contributed by atoms with E-state index >= 15 is 0 Å². The number of hydrogen-bond donors (Lipinski definition) is 1. The van der Waals surface area contributed by atoms with Gasteiger partial charge in [-0.05, 0) is 49.7 Å². The van der Waals surface area contributed by atoms with Gasteiger partial charge in [0.2, 0.25) is 23.5 Å². The zero-order valence-corrected chi connectivity index (χ0v) is 18.8. The minimum atomic E-state index is -1.02. The van der Waals surface area contributed by atoms with Crippen molar-refractivity contribution in [1.82, 2.24) is 25.3 Å². The molecule has 4 amide bonds. The number of benzene rings is 1. The van der Waals surface area contributed by atoms with Gasteiger partial charge in [-0.1, -0.05) is 17.3 Å². The Balaban J connectivity index is 1.24. The third-order valence-electron chi connectivity index (χ3n) is 6.96. The molecule has 1 aromatic heterocycles. The maximum absolute atomic E-state index is 15.0. The van der Waals surface area contributed by atoms with Crippen molar-refractivity contribution in [2.45, 2.75) is 57.0 Å². The van der Waals surface area contributed by atoms with Gasteiger partial charge in [-0.25, -0.2) is 4.39 Å². The van der Waals surface area contributed by atoms with Gasteiger partial charge in [0.1, 0.15) is 17.6 Å². The molecule has 4 heterocycles. The van der Waals surface area contributed by atoms with Crippen LogP contribution >= 0.6 is 0 Å². The summed E-state index contributed by atoms with van der Waals surface area (Å²) in [4.78, 5) is 57.2. The topological polar surface area (TPSA) is 126 Å². The molecule has 0 spiro atoms. The monoisotopic (exact) mass is 479 g/mol. The second kappa shape index (κ2) is 8.10. The normalized spacial score (nSPS) is 22.7. The number of piperidine rings is 1. The molecule has 3 aliphatic heterocycles. The fourth-order valence-corrected chi connectivity index (χ4v) is 5.09. The lowest BCUT2D eigenvalue weighted by molar-refractivity contribution is -0.150. The number of aromatic nitrogens is 2. The molecule has 1 atom stereocenters. The van der Waals surface area contributed by atoms with Gasteiger partial charge in [-0.15, -0.1) is 0 Å². The molecule has 1 aromatic carbocycles. The number of hydrogen-bond acceptors (Lipinski definition) is 8. The molecule has 2 fully saturated rings. The fourth-order valence-electron chi connectivity index (χ4n) is 5.09. The second-order valence-corrected chi connectivity index (χ2v) is 9.29. The van der Waals surface area contributed by atoms with Crippen LogP contribution in [0.15, 0.2) is 34.0 Å². The van der Waals surface area contributed by atoms with Gasteiger partial charge in [0.25, 0.3) is 11.8 Å². The minimum absolute atomic E-state index is 0.0606. The van der Waals surface area contributed by atoms with Crippen molar-refractivity contribution >= 4 is 23.6 Å². The van der Waals surface area contributed by atoms with Crippen LogP contribution in [0.4, 0.5) is 4.39 Å². The van der Waals surface area contributed by atoms with Crippen molar-refractivity contribution in [3.8, 4) is 11.4 Å². The van der Waals surface area contributed by atoms with Gasteiger partial charge in [-0.2, -0.15) is 4.98 Å². The lowest BCUT2D eigenvalue weighted by Crippen LogP contribution is -2.55. The Bertz CT molecular complexity index is 1310. The lowest BCUT2D eigenvalue weighted by Gasteiger charge is -2.29. The summed E-state index contributed by atoms with van der Waals surface area (Å²) in [5.41, 5.74) is 1.48. The average Bonchev–Trinajstić information content (AvgIpc) is 3.52. The Morgan fingerprint density at radius 1 is 1.09 bits per heavy atom. The van der Waals surface area contributed by atoms with Crippen LogP contribution < -0.4 is 5.32 Å². The lowest BCUT2D eigenvalue weighted by atomic mass is 10.0. The number of rotatable bonds is 5. The summed E-state index contributed by atoms with van der Waals surface area (Å²) in [7, 11) is 0. The van der Waals surface area contributed by atoms with E-state index in [1.165, 1.54) is 0 Å². The van der Waals surface area contributed by atoms with E-state index < -0.39 is 29.7 Å². The van der Waals surface area contributed by atoms with E-state index in [9.17, 15) is 23.6 Å². The summed E-state index contributed by atoms with van der Waals surface area (Å²) in [6, 6.07) is 4.14. The van der Waals surface area contributed by atoms with Crippen molar-refractivity contribution in [2.24, 2.45) is 0 Å². The Hall–Kier alpha value is -3.89. The van der Waals surface area contributed by atoms with Crippen LogP contribution in [0.3, 0.4) is 0 Å². The van der Waals surface area contributed by atoms with E-state index in [-0.39, 0.29) is 54.1 Å². The molecule has 1 unspecified atom stereocenters. The Morgan fingerprint density at radius 2 is 1.91 bits per heavy atom. The number of imide groups is 2. The molecule has 1 saturated carbocycles. The number of nitrogens with one attached hydrogen (secondary N) is 1. The molecule has 4 aliphatic rings. The highest BCUT2D eigenvalue weighted by molar-refractivity contribution is 6.21. The van der Waals surface area contributed by atoms with E-state index in [2.05, 4.69) is 15.5 Å². The maximum Gasteiger partial charge on any atom is 0.278 e. The van der Waals surface area contributed by atoms with Gasteiger partial charge >= 0.3 is 0 Å². The van der Waals surface area contributed by atoms with Crippen LogP contribution in [0.25, 0.3) is 11.4 Å². The zero-order valence-electron chi connectivity index (χ0n) is 18.8. The van der Waals surface area contributed by atoms with Crippen LogP contribution in [0.2, 0.25) is 0 Å². The van der Waals surface area contributed by atoms with Gasteiger partial charge in [0, 0.05) is 18.5 Å². The Kier molecular flexibility index (Phi) is 5.01. The molecule has 6 rings (SSSR count). The van der Waals surface area contributed by atoms with Crippen LogP contribution in [0.1, 0.15) is 55.9 Å². The van der Waals surface area contributed by atoms with Gasteiger partial charge in [0.15, 0.2) is 0 Å². The summed E-state index contributed by atoms with van der Waals surface area (Å²) >= 11 is 0. The first-order chi connectivity index (χ1) is 16.9. The number of carbonyl (C=O) groups is 4. The first-order valence-electron chi connectivity index (χ1n) is 11.7. The summed E-state index contributed by atoms with van der Waals surface area (Å²) in [5.74, 6) is -1.94. The molecule has 0 radical (unpaired) electrons. The second-order valence-electron chi connectivity index (χ2n) is 9.29. The largest absolute Gasteiger partial charge is 0.357 e. The highest BCUT2D eigenvalue weighted by atomic mass is 19.1. The minimum Gasteiger partial charge on any atom is -0.357 e. The number of nitrogens with zero attached hydrogens (tertiary/aromatic N) is 4. The molecule has 0 bridgehead atoms. The van der Waals surface area contributed by atoms with Crippen LogP contribution in [-0.4, -0.2) is 56.2 Å². The van der Waals surface area contributed by atoms with Crippen molar-refractivity contribution in [3.63, 3.8) is 0 Å². The molecule has 180 valence electrons. The van der Waals surface area contributed by atoms with E-state index in [1.807, 2.05) is 0 Å². The van der Waals surface area contributed by atoms with Gasteiger partial charge in [0.05, 0.1) is 12.1 Å². The van der Waals surface area contributed by atoms with Crippen LogP contribution in [-0.2, 0) is 25.7 Å². The van der Waals surface area contributed by atoms with Crippen molar-refractivity contribution in [1.29, 1.82) is 0 Å². The third-order valence-corrected chi connectivity index (χ3v) is 6.96. The zero-order chi connectivity index (χ0) is 24.3. The SMILES string of the molecule is O=C1CCC(N2C(=O)C3=C(C2=O)N(Cc2nc(-c4cccc(C5CC5)c4F)no2)CCC3)C(=O)N1. The first-order valence-corrected chi connectivity index (χ1v) is 11.7. The number of carbonyl (C=O) groups excluding carboxylic acids is 4. The van der Waals surface area contributed by atoms with Crippen LogP contribution in [0.5, 0.6) is 0 Å². The van der Waals surface area contributed by atoms with Crippen LogP contribution in [0, 0.1) is 5.82 Å². The molecule has 2 aromatic rings. The maximum atomic E-state index is 15.0. The van der Waals surface area contributed by atoms with Crippen molar-refractivity contribution < 1.29 is 28.1 Å². The molecule has 1 saturated heterocycles. The summed E-state index contributed by atoms with van der Waals surface area (Å²) < 4.78 is 20.4. The highest BCUT2D eigenvalue weighted by Crippen LogP contribution is 2.42. The molecule has 1 N–H and O–H groups in total. The number of halogens is 1. The van der Waals surface area contributed by atoms with E-state index in [0.29, 0.717) is 30.5 Å². The Morgan fingerprint density at radius 3 is 2.69 bits per heavy atom. The van der Waals surface area contributed by atoms with Crippen molar-refractivity contribution in [2.75, 3.05) is 6.54 Å². The van der Waals surface area contributed by atoms with Crippen molar-refractivity contribution in [3.05, 3.63) is 46.7 Å². The standard InChI is InChI=1S/C24H22FN5O5/c25-19-13(12-6-7-12)3-1-4-14(19)21-27-18(35-28-21)11-29-10-2-5-15-20(29)24(34)30(23(15)33)16-8-9-17(31)26-22(16)32/h1,3-4,12,16H,2,5-11H2,(H,26,31,32). The smallest absolute Gasteiger partial charge is 0.278 e. The summed E-state index contributed by atoms with van der Waals surface area (Å²) in [6.45, 7) is 0.544. The molecule has 11 heteroatoms. The fraction of sp³-hybridized carbons (Fsp3) is 0.417. The predicted octanol–water partition coefficient (Wildman–Crippen LogP) is 1.78. The van der Waals surface area contributed by atoms with E-state index in [1.54, 1.807) is 23.1 Å². The number of amides is 4.